The maximum Gasteiger partial charge on any atom is 0.302 e. The highest BCUT2D eigenvalue weighted by Crippen LogP contribution is 2.32. The molecular weight excluding hydrogens is 204 g/mol. The third-order valence-electron chi connectivity index (χ3n) is 3.47. The summed E-state index contributed by atoms with van der Waals surface area (Å²) in [6, 6.07) is 0. The topological polar surface area (TPSA) is 46.5 Å². The fraction of sp³-hybridized carbons (Fsp3) is 0.923. The SMILES string of the molecule is CCCC(O)C1CCCC(COC(C)=O)C1. The van der Waals surface area contributed by atoms with Gasteiger partial charge in [0, 0.05) is 6.92 Å². The lowest BCUT2D eigenvalue weighted by Gasteiger charge is -2.31. The van der Waals surface area contributed by atoms with E-state index in [0.29, 0.717) is 18.4 Å². The van der Waals surface area contributed by atoms with Crippen molar-refractivity contribution < 1.29 is 14.6 Å². The molecule has 3 atom stereocenters. The van der Waals surface area contributed by atoms with Crippen molar-refractivity contribution in [3.8, 4) is 0 Å². The van der Waals surface area contributed by atoms with Gasteiger partial charge >= 0.3 is 5.97 Å². The van der Waals surface area contributed by atoms with Crippen LogP contribution in [-0.4, -0.2) is 23.8 Å². The van der Waals surface area contributed by atoms with Crippen LogP contribution in [0.5, 0.6) is 0 Å². The highest BCUT2D eigenvalue weighted by molar-refractivity contribution is 5.65. The first-order chi connectivity index (χ1) is 7.63. The summed E-state index contributed by atoms with van der Waals surface area (Å²) in [5.74, 6) is 0.666. The molecule has 16 heavy (non-hydrogen) atoms. The minimum Gasteiger partial charge on any atom is -0.466 e. The number of ether oxygens (including phenoxy) is 1. The predicted octanol–water partition coefficient (Wildman–Crippen LogP) is 2.52. The average Bonchev–Trinajstić information content (AvgIpc) is 2.27. The molecule has 1 aliphatic carbocycles. The Balaban J connectivity index is 2.31. The molecule has 0 amide bonds. The van der Waals surface area contributed by atoms with Crippen LogP contribution in [0.1, 0.15) is 52.4 Å². The van der Waals surface area contributed by atoms with Gasteiger partial charge in [0.1, 0.15) is 0 Å². The first kappa shape index (κ1) is 13.5. The highest BCUT2D eigenvalue weighted by Gasteiger charge is 2.27. The molecule has 1 N–H and O–H groups in total. The van der Waals surface area contributed by atoms with Crippen LogP contribution >= 0.6 is 0 Å². The monoisotopic (exact) mass is 228 g/mol. The van der Waals surface area contributed by atoms with E-state index >= 15 is 0 Å². The van der Waals surface area contributed by atoms with Crippen molar-refractivity contribution in [1.82, 2.24) is 0 Å². The molecule has 1 aliphatic rings. The van der Waals surface area contributed by atoms with Crippen LogP contribution in [0.4, 0.5) is 0 Å². The molecule has 3 heteroatoms. The van der Waals surface area contributed by atoms with Crippen molar-refractivity contribution in [1.29, 1.82) is 0 Å². The van der Waals surface area contributed by atoms with Gasteiger partial charge in [-0.15, -0.1) is 0 Å². The Morgan fingerprint density at radius 1 is 1.50 bits per heavy atom. The smallest absolute Gasteiger partial charge is 0.302 e. The quantitative estimate of drug-likeness (QED) is 0.735. The minimum atomic E-state index is -0.198. The number of hydrogen-bond donors (Lipinski definition) is 1. The number of rotatable bonds is 5. The van der Waals surface area contributed by atoms with Crippen molar-refractivity contribution >= 4 is 5.97 Å². The largest absolute Gasteiger partial charge is 0.466 e. The van der Waals surface area contributed by atoms with E-state index in [-0.39, 0.29) is 12.1 Å². The van der Waals surface area contributed by atoms with Crippen LogP contribution in [-0.2, 0) is 9.53 Å². The highest BCUT2D eigenvalue weighted by atomic mass is 16.5. The van der Waals surface area contributed by atoms with Gasteiger partial charge in [0.15, 0.2) is 0 Å². The predicted molar refractivity (Wildman–Crippen MR) is 63.0 cm³/mol. The number of hydrogen-bond acceptors (Lipinski definition) is 3. The fourth-order valence-electron chi connectivity index (χ4n) is 2.60. The second kappa shape index (κ2) is 6.89. The first-order valence-corrected chi connectivity index (χ1v) is 6.45. The van der Waals surface area contributed by atoms with Crippen molar-refractivity contribution in [2.24, 2.45) is 11.8 Å². The molecule has 3 unspecified atom stereocenters. The van der Waals surface area contributed by atoms with Crippen LogP contribution in [0.25, 0.3) is 0 Å². The fourth-order valence-corrected chi connectivity index (χ4v) is 2.60. The van der Waals surface area contributed by atoms with Crippen molar-refractivity contribution in [3.63, 3.8) is 0 Å². The van der Waals surface area contributed by atoms with E-state index in [1.54, 1.807) is 0 Å². The van der Waals surface area contributed by atoms with Crippen LogP contribution in [0.2, 0.25) is 0 Å². The minimum absolute atomic E-state index is 0.162. The summed E-state index contributed by atoms with van der Waals surface area (Å²) in [6.07, 6.45) is 6.17. The lowest BCUT2D eigenvalue weighted by atomic mass is 9.78. The molecule has 0 aromatic rings. The third-order valence-corrected chi connectivity index (χ3v) is 3.47. The Labute approximate surface area is 98.2 Å². The zero-order valence-corrected chi connectivity index (χ0v) is 10.4. The summed E-state index contributed by atoms with van der Waals surface area (Å²) in [5, 5.41) is 9.96. The number of aliphatic hydroxyl groups is 1. The van der Waals surface area contributed by atoms with Gasteiger partial charge in [-0.1, -0.05) is 19.8 Å². The van der Waals surface area contributed by atoms with E-state index in [9.17, 15) is 9.90 Å². The van der Waals surface area contributed by atoms with E-state index in [2.05, 4.69) is 6.92 Å². The Morgan fingerprint density at radius 2 is 2.25 bits per heavy atom. The number of aliphatic hydroxyl groups excluding tert-OH is 1. The van der Waals surface area contributed by atoms with E-state index < -0.39 is 0 Å². The molecule has 1 rings (SSSR count). The van der Waals surface area contributed by atoms with Gasteiger partial charge in [-0.05, 0) is 37.5 Å². The van der Waals surface area contributed by atoms with E-state index in [1.165, 1.54) is 6.92 Å². The normalized spacial score (nSPS) is 27.4. The molecule has 0 saturated heterocycles. The summed E-state index contributed by atoms with van der Waals surface area (Å²) in [4.78, 5) is 10.7. The van der Waals surface area contributed by atoms with Gasteiger partial charge in [-0.2, -0.15) is 0 Å². The average molecular weight is 228 g/mol. The Hall–Kier alpha value is -0.570. The number of carbonyl (C=O) groups excluding carboxylic acids is 1. The van der Waals surface area contributed by atoms with E-state index in [1.807, 2.05) is 0 Å². The summed E-state index contributed by atoms with van der Waals surface area (Å²) in [5.41, 5.74) is 0. The lowest BCUT2D eigenvalue weighted by molar-refractivity contribution is -0.143. The molecule has 3 nitrogen and oxygen atoms in total. The zero-order chi connectivity index (χ0) is 12.0. The first-order valence-electron chi connectivity index (χ1n) is 6.45. The van der Waals surface area contributed by atoms with Crippen molar-refractivity contribution in [2.75, 3.05) is 6.61 Å². The maximum absolute atomic E-state index is 10.7. The molecule has 94 valence electrons. The third kappa shape index (κ3) is 4.52. The van der Waals surface area contributed by atoms with Crippen LogP contribution < -0.4 is 0 Å². The van der Waals surface area contributed by atoms with Crippen LogP contribution in [0, 0.1) is 11.8 Å². The van der Waals surface area contributed by atoms with Gasteiger partial charge in [-0.25, -0.2) is 0 Å². The molecule has 0 bridgehead atoms. The van der Waals surface area contributed by atoms with Crippen molar-refractivity contribution in [2.45, 2.75) is 58.5 Å². The van der Waals surface area contributed by atoms with Gasteiger partial charge in [0.05, 0.1) is 12.7 Å². The standard InChI is InChI=1S/C13H24O3/c1-3-5-13(15)12-7-4-6-11(8-12)9-16-10(2)14/h11-13,15H,3-9H2,1-2H3. The van der Waals surface area contributed by atoms with Gasteiger partial charge in [0.2, 0.25) is 0 Å². The van der Waals surface area contributed by atoms with Crippen molar-refractivity contribution in [3.05, 3.63) is 0 Å². The molecule has 0 aromatic heterocycles. The Kier molecular flexibility index (Phi) is 5.81. The van der Waals surface area contributed by atoms with Crippen LogP contribution in [0.3, 0.4) is 0 Å². The van der Waals surface area contributed by atoms with Gasteiger partial charge < -0.3 is 9.84 Å². The maximum atomic E-state index is 10.7. The molecule has 0 aromatic carbocycles. The molecular formula is C13H24O3. The summed E-state index contributed by atoms with van der Waals surface area (Å²) in [6.45, 7) is 4.08. The Bertz CT molecular complexity index is 215. The second-order valence-corrected chi connectivity index (χ2v) is 4.95. The van der Waals surface area contributed by atoms with E-state index in [0.717, 1.165) is 38.5 Å². The lowest BCUT2D eigenvalue weighted by Crippen LogP contribution is -2.28. The molecule has 0 heterocycles. The van der Waals surface area contributed by atoms with E-state index in [4.69, 9.17) is 4.74 Å². The second-order valence-electron chi connectivity index (χ2n) is 4.95. The molecule has 0 radical (unpaired) electrons. The summed E-state index contributed by atoms with van der Waals surface area (Å²) >= 11 is 0. The number of esters is 1. The van der Waals surface area contributed by atoms with Gasteiger partial charge in [0.25, 0.3) is 0 Å². The molecule has 1 saturated carbocycles. The number of carbonyl (C=O) groups is 1. The van der Waals surface area contributed by atoms with Crippen LogP contribution in [0.15, 0.2) is 0 Å². The Morgan fingerprint density at radius 3 is 2.88 bits per heavy atom. The molecule has 0 aliphatic heterocycles. The molecule has 0 spiro atoms. The van der Waals surface area contributed by atoms with Gasteiger partial charge in [-0.3, -0.25) is 4.79 Å². The molecule has 1 fully saturated rings. The summed E-state index contributed by atoms with van der Waals surface area (Å²) in [7, 11) is 0. The summed E-state index contributed by atoms with van der Waals surface area (Å²) < 4.78 is 5.05. The zero-order valence-electron chi connectivity index (χ0n) is 10.4.